The van der Waals surface area contributed by atoms with Crippen molar-refractivity contribution in [3.63, 3.8) is 0 Å². The Morgan fingerprint density at radius 1 is 1.21 bits per heavy atom. The second-order valence-electron chi connectivity index (χ2n) is 5.50. The predicted molar refractivity (Wildman–Crippen MR) is 82.6 cm³/mol. The molecule has 3 heteroatoms. The molecule has 1 rings (SSSR count). The van der Waals surface area contributed by atoms with Crippen LogP contribution in [0.2, 0.25) is 5.02 Å². The van der Waals surface area contributed by atoms with Gasteiger partial charge in [-0.1, -0.05) is 44.5 Å². The van der Waals surface area contributed by atoms with Gasteiger partial charge in [-0.3, -0.25) is 0 Å². The van der Waals surface area contributed by atoms with E-state index in [1.54, 1.807) is 0 Å². The van der Waals surface area contributed by atoms with Crippen LogP contribution in [0.25, 0.3) is 0 Å². The zero-order chi connectivity index (χ0) is 14.5. The van der Waals surface area contributed by atoms with E-state index in [1.165, 1.54) is 5.56 Å². The molecule has 0 aromatic heterocycles. The quantitative estimate of drug-likeness (QED) is 0.801. The van der Waals surface area contributed by atoms with Gasteiger partial charge in [-0.25, -0.2) is 0 Å². The summed E-state index contributed by atoms with van der Waals surface area (Å²) in [6.45, 7) is 6.60. The number of rotatable bonds is 7. The van der Waals surface area contributed by atoms with Gasteiger partial charge in [-0.2, -0.15) is 0 Å². The first-order valence-electron chi connectivity index (χ1n) is 7.12. The molecule has 0 saturated heterocycles. The lowest BCUT2D eigenvalue weighted by Crippen LogP contribution is -2.46. The summed E-state index contributed by atoms with van der Waals surface area (Å²) in [7, 11) is 0. The van der Waals surface area contributed by atoms with E-state index in [-0.39, 0.29) is 24.0 Å². The van der Waals surface area contributed by atoms with Crippen LogP contribution in [0.1, 0.15) is 45.6 Å². The zero-order valence-corrected chi connectivity index (χ0v) is 13.0. The van der Waals surface area contributed by atoms with Crippen LogP contribution in [0.5, 0.6) is 0 Å². The van der Waals surface area contributed by atoms with Crippen molar-refractivity contribution >= 4 is 11.6 Å². The van der Waals surface area contributed by atoms with E-state index in [0.29, 0.717) is 0 Å². The molecule has 1 aromatic rings. The summed E-state index contributed by atoms with van der Waals surface area (Å²) >= 11 is 5.97. The third-order valence-corrected chi connectivity index (χ3v) is 4.61. The van der Waals surface area contributed by atoms with E-state index in [9.17, 15) is 5.11 Å². The Labute approximate surface area is 122 Å². The molecule has 3 N–H and O–H groups in total. The van der Waals surface area contributed by atoms with E-state index in [1.807, 2.05) is 19.1 Å². The molecular formula is C16H26ClNO. The predicted octanol–water partition coefficient (Wildman–Crippen LogP) is 3.74. The molecule has 0 bridgehead atoms. The Hall–Kier alpha value is -0.570. The Kier molecular flexibility index (Phi) is 6.31. The van der Waals surface area contributed by atoms with Crippen LogP contribution < -0.4 is 5.73 Å². The number of nitrogens with two attached hydrogens (primary N) is 1. The molecule has 2 unspecified atom stereocenters. The first kappa shape index (κ1) is 16.5. The average molecular weight is 284 g/mol. The number of halogens is 1. The van der Waals surface area contributed by atoms with Crippen molar-refractivity contribution in [2.24, 2.45) is 11.7 Å². The van der Waals surface area contributed by atoms with Crippen molar-refractivity contribution in [3.05, 3.63) is 34.9 Å². The molecule has 19 heavy (non-hydrogen) atoms. The molecular weight excluding hydrogens is 258 g/mol. The maximum Gasteiger partial charge on any atom is 0.0457 e. The number of hydrogen-bond acceptors (Lipinski definition) is 2. The molecule has 2 atom stereocenters. The summed E-state index contributed by atoms with van der Waals surface area (Å²) < 4.78 is 0. The standard InChI is InChI=1S/C16H26ClNO/c1-4-16(5-2,15(18)10-12(3)11-19)13-6-8-14(17)9-7-13/h6-9,12,15,19H,4-5,10-11,18H2,1-3H3. The fourth-order valence-corrected chi connectivity index (χ4v) is 3.04. The Balaban J connectivity index is 3.05. The fraction of sp³-hybridized carbons (Fsp3) is 0.625. The summed E-state index contributed by atoms with van der Waals surface area (Å²) in [6, 6.07) is 8.07. The number of aliphatic hydroxyl groups is 1. The monoisotopic (exact) mass is 283 g/mol. The van der Waals surface area contributed by atoms with Crippen LogP contribution in [0.15, 0.2) is 24.3 Å². The van der Waals surface area contributed by atoms with Gasteiger partial charge in [0.1, 0.15) is 0 Å². The minimum Gasteiger partial charge on any atom is -0.396 e. The van der Waals surface area contributed by atoms with Crippen LogP contribution in [0.3, 0.4) is 0 Å². The number of benzene rings is 1. The summed E-state index contributed by atoms with van der Waals surface area (Å²) in [5, 5.41) is 9.98. The van der Waals surface area contributed by atoms with Crippen LogP contribution >= 0.6 is 11.6 Å². The first-order chi connectivity index (χ1) is 9.00. The van der Waals surface area contributed by atoms with Crippen LogP contribution in [0, 0.1) is 5.92 Å². The second kappa shape index (κ2) is 7.28. The van der Waals surface area contributed by atoms with Gasteiger partial charge in [-0.15, -0.1) is 0 Å². The second-order valence-corrected chi connectivity index (χ2v) is 5.94. The van der Waals surface area contributed by atoms with Gasteiger partial charge >= 0.3 is 0 Å². The van der Waals surface area contributed by atoms with Gasteiger partial charge in [0.2, 0.25) is 0 Å². The molecule has 0 aliphatic heterocycles. The Morgan fingerprint density at radius 2 is 1.74 bits per heavy atom. The van der Waals surface area contributed by atoms with Crippen molar-refractivity contribution in [2.75, 3.05) is 6.61 Å². The summed E-state index contributed by atoms with van der Waals surface area (Å²) in [5.74, 6) is 0.236. The van der Waals surface area contributed by atoms with E-state index < -0.39 is 0 Å². The van der Waals surface area contributed by atoms with Gasteiger partial charge in [0, 0.05) is 23.1 Å². The van der Waals surface area contributed by atoms with E-state index >= 15 is 0 Å². The highest BCUT2D eigenvalue weighted by Crippen LogP contribution is 2.37. The third kappa shape index (κ3) is 3.71. The van der Waals surface area contributed by atoms with Crippen molar-refractivity contribution in [3.8, 4) is 0 Å². The maximum atomic E-state index is 9.23. The highest BCUT2D eigenvalue weighted by molar-refractivity contribution is 6.30. The maximum absolute atomic E-state index is 9.23. The summed E-state index contributed by atoms with van der Waals surface area (Å²) in [4.78, 5) is 0. The third-order valence-electron chi connectivity index (χ3n) is 4.36. The molecule has 0 heterocycles. The number of aliphatic hydroxyl groups excluding tert-OH is 1. The van der Waals surface area contributed by atoms with E-state index in [2.05, 4.69) is 26.0 Å². The average Bonchev–Trinajstić information content (AvgIpc) is 2.42. The largest absolute Gasteiger partial charge is 0.396 e. The lowest BCUT2D eigenvalue weighted by Gasteiger charge is -2.39. The molecule has 0 aliphatic carbocycles. The molecule has 0 amide bonds. The minimum atomic E-state index is -0.0337. The molecule has 2 nitrogen and oxygen atoms in total. The lowest BCUT2D eigenvalue weighted by molar-refractivity contribution is 0.198. The van der Waals surface area contributed by atoms with E-state index in [4.69, 9.17) is 17.3 Å². The van der Waals surface area contributed by atoms with Crippen LogP contribution in [-0.2, 0) is 5.41 Å². The van der Waals surface area contributed by atoms with Crippen molar-refractivity contribution in [2.45, 2.75) is 51.5 Å². The molecule has 1 aromatic carbocycles. The van der Waals surface area contributed by atoms with Crippen LogP contribution in [-0.4, -0.2) is 17.8 Å². The highest BCUT2D eigenvalue weighted by atomic mass is 35.5. The Bertz CT molecular complexity index is 373. The normalized spacial score (nSPS) is 15.3. The molecule has 0 radical (unpaired) electrons. The first-order valence-corrected chi connectivity index (χ1v) is 7.50. The fourth-order valence-electron chi connectivity index (χ4n) is 2.91. The minimum absolute atomic E-state index is 0.0337. The van der Waals surface area contributed by atoms with Crippen molar-refractivity contribution in [1.82, 2.24) is 0 Å². The van der Waals surface area contributed by atoms with E-state index in [0.717, 1.165) is 24.3 Å². The van der Waals surface area contributed by atoms with Crippen LogP contribution in [0.4, 0.5) is 0 Å². The van der Waals surface area contributed by atoms with Gasteiger partial charge in [0.05, 0.1) is 0 Å². The molecule has 0 aliphatic rings. The SMILES string of the molecule is CCC(CC)(c1ccc(Cl)cc1)C(N)CC(C)CO. The van der Waals surface area contributed by atoms with Crippen molar-refractivity contribution < 1.29 is 5.11 Å². The summed E-state index contributed by atoms with van der Waals surface area (Å²) in [5.41, 5.74) is 7.69. The van der Waals surface area contributed by atoms with Gasteiger partial charge in [-0.05, 0) is 42.9 Å². The van der Waals surface area contributed by atoms with Gasteiger partial charge < -0.3 is 10.8 Å². The number of hydrogen-bond donors (Lipinski definition) is 2. The smallest absolute Gasteiger partial charge is 0.0457 e. The lowest BCUT2D eigenvalue weighted by atomic mass is 9.68. The topological polar surface area (TPSA) is 46.2 Å². The Morgan fingerprint density at radius 3 is 2.16 bits per heavy atom. The summed E-state index contributed by atoms with van der Waals surface area (Å²) in [6.07, 6.45) is 2.82. The molecule has 0 saturated carbocycles. The van der Waals surface area contributed by atoms with Gasteiger partial charge in [0.25, 0.3) is 0 Å². The zero-order valence-electron chi connectivity index (χ0n) is 12.2. The van der Waals surface area contributed by atoms with Crippen molar-refractivity contribution in [1.29, 1.82) is 0 Å². The van der Waals surface area contributed by atoms with Gasteiger partial charge in [0.15, 0.2) is 0 Å². The highest BCUT2D eigenvalue weighted by Gasteiger charge is 2.35. The molecule has 0 spiro atoms. The molecule has 108 valence electrons. The molecule has 0 fully saturated rings.